The van der Waals surface area contributed by atoms with Crippen LogP contribution in [0.1, 0.15) is 30.1 Å². The Kier molecular flexibility index (Phi) is 6.78. The normalized spacial score (nSPS) is 18.5. The molecule has 0 spiro atoms. The highest BCUT2D eigenvalue weighted by Gasteiger charge is 2.23. The molecule has 24 heavy (non-hydrogen) atoms. The third-order valence-electron chi connectivity index (χ3n) is 4.25. The molecule has 134 valence electrons. The summed E-state index contributed by atoms with van der Waals surface area (Å²) in [7, 11) is 1.34. The Hall–Kier alpha value is -1.89. The Labute approximate surface area is 140 Å². The molecule has 7 heteroatoms. The topological polar surface area (TPSA) is 50.8 Å². The van der Waals surface area contributed by atoms with Crippen LogP contribution in [0.25, 0.3) is 0 Å². The van der Waals surface area contributed by atoms with Crippen LogP contribution in [0.15, 0.2) is 18.2 Å². The molecule has 0 bridgehead atoms. The number of hydrogen-bond donors (Lipinski definition) is 1. The zero-order chi connectivity index (χ0) is 17.5. The predicted molar refractivity (Wildman–Crippen MR) is 86.8 cm³/mol. The van der Waals surface area contributed by atoms with Gasteiger partial charge in [-0.15, -0.1) is 0 Å². The quantitative estimate of drug-likeness (QED) is 0.828. The molecule has 2 rings (SSSR count). The minimum Gasteiger partial charge on any atom is -0.493 e. The van der Waals surface area contributed by atoms with Crippen molar-refractivity contribution < 1.29 is 23.0 Å². The van der Waals surface area contributed by atoms with E-state index >= 15 is 0 Å². The van der Waals surface area contributed by atoms with Gasteiger partial charge >= 0.3 is 6.61 Å². The van der Waals surface area contributed by atoms with Gasteiger partial charge in [-0.2, -0.15) is 8.78 Å². The fourth-order valence-electron chi connectivity index (χ4n) is 3.00. The second kappa shape index (κ2) is 8.82. The van der Waals surface area contributed by atoms with Crippen molar-refractivity contribution in [2.75, 3.05) is 33.3 Å². The first-order chi connectivity index (χ1) is 11.5. The van der Waals surface area contributed by atoms with E-state index in [2.05, 4.69) is 21.9 Å². The van der Waals surface area contributed by atoms with E-state index < -0.39 is 12.5 Å². The molecule has 0 aliphatic carbocycles. The first-order valence-electron chi connectivity index (χ1n) is 8.17. The third kappa shape index (κ3) is 4.80. The van der Waals surface area contributed by atoms with E-state index in [0.717, 1.165) is 32.5 Å². The molecule has 1 aromatic carbocycles. The Morgan fingerprint density at radius 3 is 2.92 bits per heavy atom. The minimum atomic E-state index is -3.02. The monoisotopic (exact) mass is 342 g/mol. The number of likely N-dealkylation sites (tertiary alicyclic amines) is 1. The van der Waals surface area contributed by atoms with Crippen molar-refractivity contribution in [1.29, 1.82) is 0 Å². The maximum atomic E-state index is 12.6. The number of nitrogens with one attached hydrogen (secondary N) is 1. The molecule has 0 aromatic heterocycles. The summed E-state index contributed by atoms with van der Waals surface area (Å²) < 4.78 is 34.8. The molecule has 1 aliphatic rings. The standard InChI is InChI=1S/C17H24F2N2O3/c1-3-21-9-5-6-12(11-21)10-20-16(22)13-7-4-8-14(23-2)15(13)24-17(18)19/h4,7-8,12,17H,3,5-6,9-11H2,1-2H3,(H,20,22)/t12-/m0/s1. The summed E-state index contributed by atoms with van der Waals surface area (Å²) in [6.07, 6.45) is 2.16. The molecule has 5 nitrogen and oxygen atoms in total. The van der Waals surface area contributed by atoms with E-state index in [1.807, 2.05) is 0 Å². The maximum Gasteiger partial charge on any atom is 0.387 e. The summed E-state index contributed by atoms with van der Waals surface area (Å²) >= 11 is 0. The zero-order valence-electron chi connectivity index (χ0n) is 14.1. The van der Waals surface area contributed by atoms with E-state index in [9.17, 15) is 13.6 Å². The summed E-state index contributed by atoms with van der Waals surface area (Å²) in [5.74, 6) is -0.185. The van der Waals surface area contributed by atoms with E-state index in [1.54, 1.807) is 6.07 Å². The van der Waals surface area contributed by atoms with Gasteiger partial charge in [0.2, 0.25) is 0 Å². The van der Waals surface area contributed by atoms with Crippen LogP contribution in [0.3, 0.4) is 0 Å². The number of carbonyl (C=O) groups is 1. The number of amides is 1. The second-order valence-corrected chi connectivity index (χ2v) is 5.83. The number of nitrogens with zero attached hydrogens (tertiary/aromatic N) is 1. The number of benzene rings is 1. The molecule has 0 saturated carbocycles. The fraction of sp³-hybridized carbons (Fsp3) is 0.588. The van der Waals surface area contributed by atoms with Gasteiger partial charge in [0.15, 0.2) is 11.5 Å². The van der Waals surface area contributed by atoms with Crippen LogP contribution in [-0.4, -0.2) is 50.7 Å². The Morgan fingerprint density at radius 1 is 1.46 bits per heavy atom. The second-order valence-electron chi connectivity index (χ2n) is 5.83. The molecule has 0 radical (unpaired) electrons. The maximum absolute atomic E-state index is 12.6. The van der Waals surface area contributed by atoms with E-state index in [1.165, 1.54) is 19.2 Å². The lowest BCUT2D eigenvalue weighted by atomic mass is 9.98. The van der Waals surface area contributed by atoms with E-state index in [4.69, 9.17) is 4.74 Å². The lowest BCUT2D eigenvalue weighted by Crippen LogP contribution is -2.40. The zero-order valence-corrected chi connectivity index (χ0v) is 14.1. The van der Waals surface area contributed by atoms with E-state index in [0.29, 0.717) is 12.5 Å². The first kappa shape index (κ1) is 18.4. The van der Waals surface area contributed by atoms with E-state index in [-0.39, 0.29) is 17.1 Å². The SMILES string of the molecule is CCN1CCC[C@@H](CNC(=O)c2cccc(OC)c2OC(F)F)C1. The predicted octanol–water partition coefficient (Wildman–Crippen LogP) is 2.76. The van der Waals surface area contributed by atoms with Gasteiger partial charge in [0.25, 0.3) is 5.91 Å². The van der Waals surface area contributed by atoms with Crippen LogP contribution in [0.2, 0.25) is 0 Å². The molecule has 1 atom stereocenters. The van der Waals surface area contributed by atoms with Gasteiger partial charge in [-0.05, 0) is 44.0 Å². The van der Waals surface area contributed by atoms with Gasteiger partial charge in [0.1, 0.15) is 0 Å². The number of carbonyl (C=O) groups excluding carboxylic acids is 1. The average molecular weight is 342 g/mol. The molecule has 1 N–H and O–H groups in total. The summed E-state index contributed by atoms with van der Waals surface area (Å²) in [6.45, 7) is 2.63. The lowest BCUT2D eigenvalue weighted by molar-refractivity contribution is -0.0515. The lowest BCUT2D eigenvalue weighted by Gasteiger charge is -2.31. The molecule has 0 unspecified atom stereocenters. The number of piperidine rings is 1. The largest absolute Gasteiger partial charge is 0.493 e. The average Bonchev–Trinajstić information content (AvgIpc) is 2.59. The first-order valence-corrected chi connectivity index (χ1v) is 8.17. The molecule has 1 saturated heterocycles. The molecular weight excluding hydrogens is 318 g/mol. The van der Waals surface area contributed by atoms with Crippen LogP contribution in [0, 0.1) is 5.92 Å². The van der Waals surface area contributed by atoms with Crippen molar-refractivity contribution in [2.45, 2.75) is 26.4 Å². The number of ether oxygens (including phenoxy) is 2. The van der Waals surface area contributed by atoms with Crippen molar-refractivity contribution in [3.63, 3.8) is 0 Å². The smallest absolute Gasteiger partial charge is 0.387 e. The van der Waals surface area contributed by atoms with Gasteiger partial charge in [-0.3, -0.25) is 4.79 Å². The number of alkyl halides is 2. The van der Waals surface area contributed by atoms with Gasteiger partial charge in [0.05, 0.1) is 12.7 Å². The van der Waals surface area contributed by atoms with Gasteiger partial charge in [-0.25, -0.2) is 0 Å². The van der Waals surface area contributed by atoms with Crippen LogP contribution in [-0.2, 0) is 0 Å². The number of para-hydroxylation sites is 1. The number of rotatable bonds is 7. The molecule has 1 amide bonds. The highest BCUT2D eigenvalue weighted by Crippen LogP contribution is 2.32. The van der Waals surface area contributed by atoms with Crippen LogP contribution in [0.5, 0.6) is 11.5 Å². The Balaban J connectivity index is 2.03. The Bertz CT molecular complexity index is 555. The molecular formula is C17H24F2N2O3. The Morgan fingerprint density at radius 2 is 2.25 bits per heavy atom. The molecule has 1 aliphatic heterocycles. The molecule has 1 heterocycles. The van der Waals surface area contributed by atoms with Crippen molar-refractivity contribution in [3.8, 4) is 11.5 Å². The van der Waals surface area contributed by atoms with Crippen molar-refractivity contribution in [3.05, 3.63) is 23.8 Å². The number of methoxy groups -OCH3 is 1. The van der Waals surface area contributed by atoms with Crippen molar-refractivity contribution in [1.82, 2.24) is 10.2 Å². The van der Waals surface area contributed by atoms with Crippen LogP contribution < -0.4 is 14.8 Å². The highest BCUT2D eigenvalue weighted by atomic mass is 19.3. The molecule has 1 fully saturated rings. The van der Waals surface area contributed by atoms with Gasteiger partial charge < -0.3 is 19.7 Å². The van der Waals surface area contributed by atoms with Crippen molar-refractivity contribution >= 4 is 5.91 Å². The van der Waals surface area contributed by atoms with Gasteiger partial charge in [-0.1, -0.05) is 13.0 Å². The highest BCUT2D eigenvalue weighted by molar-refractivity contribution is 5.97. The van der Waals surface area contributed by atoms with Crippen LogP contribution in [0.4, 0.5) is 8.78 Å². The minimum absolute atomic E-state index is 0.0535. The fourth-order valence-corrected chi connectivity index (χ4v) is 3.00. The number of halogens is 2. The molecule has 1 aromatic rings. The third-order valence-corrected chi connectivity index (χ3v) is 4.25. The summed E-state index contributed by atoms with van der Waals surface area (Å²) in [4.78, 5) is 14.7. The summed E-state index contributed by atoms with van der Waals surface area (Å²) in [6, 6.07) is 4.51. The number of hydrogen-bond acceptors (Lipinski definition) is 4. The van der Waals surface area contributed by atoms with Gasteiger partial charge in [0, 0.05) is 13.1 Å². The van der Waals surface area contributed by atoms with Crippen molar-refractivity contribution in [2.24, 2.45) is 5.92 Å². The summed E-state index contributed by atoms with van der Waals surface area (Å²) in [5, 5.41) is 2.83. The summed E-state index contributed by atoms with van der Waals surface area (Å²) in [5.41, 5.74) is 0.0535. The van der Waals surface area contributed by atoms with Crippen LogP contribution >= 0.6 is 0 Å².